The van der Waals surface area contributed by atoms with Crippen molar-refractivity contribution in [1.82, 2.24) is 9.78 Å². The quantitative estimate of drug-likeness (QED) is 0.878. The normalized spacial score (nSPS) is 10.3. The van der Waals surface area contributed by atoms with E-state index in [1.165, 1.54) is 11.3 Å². The van der Waals surface area contributed by atoms with E-state index in [2.05, 4.69) is 10.4 Å². The average molecular weight is 242 g/mol. The van der Waals surface area contributed by atoms with Crippen LogP contribution in [0.2, 0.25) is 4.34 Å². The first kappa shape index (κ1) is 10.2. The van der Waals surface area contributed by atoms with E-state index in [-0.39, 0.29) is 5.91 Å². The SMILES string of the molecule is Cn1cc(NC(=O)c2ccc(Cl)s2)cn1. The molecule has 0 radical (unpaired) electrons. The van der Waals surface area contributed by atoms with Crippen molar-refractivity contribution < 1.29 is 4.79 Å². The fourth-order valence-electron chi connectivity index (χ4n) is 1.11. The van der Waals surface area contributed by atoms with Crippen molar-refractivity contribution in [3.63, 3.8) is 0 Å². The van der Waals surface area contributed by atoms with Crippen molar-refractivity contribution in [2.24, 2.45) is 7.05 Å². The zero-order valence-corrected chi connectivity index (χ0v) is 9.47. The van der Waals surface area contributed by atoms with Crippen LogP contribution in [0.3, 0.4) is 0 Å². The summed E-state index contributed by atoms with van der Waals surface area (Å²) in [5.41, 5.74) is 0.673. The molecule has 0 unspecified atom stereocenters. The van der Waals surface area contributed by atoms with Crippen LogP contribution in [0.25, 0.3) is 0 Å². The third-order valence-corrected chi connectivity index (χ3v) is 2.99. The summed E-state index contributed by atoms with van der Waals surface area (Å²) >= 11 is 6.98. The molecular formula is C9H8ClN3OS. The van der Waals surface area contributed by atoms with Crippen molar-refractivity contribution >= 4 is 34.5 Å². The molecule has 0 aliphatic carbocycles. The van der Waals surface area contributed by atoms with Gasteiger partial charge in [0.05, 0.1) is 21.1 Å². The summed E-state index contributed by atoms with van der Waals surface area (Å²) < 4.78 is 2.23. The number of thiophene rings is 1. The van der Waals surface area contributed by atoms with E-state index in [1.54, 1.807) is 36.3 Å². The first-order chi connectivity index (χ1) is 7.15. The molecule has 0 saturated carbocycles. The molecular weight excluding hydrogens is 234 g/mol. The minimum atomic E-state index is -0.167. The highest BCUT2D eigenvalue weighted by Crippen LogP contribution is 2.22. The number of hydrogen-bond acceptors (Lipinski definition) is 3. The molecule has 1 N–H and O–H groups in total. The van der Waals surface area contributed by atoms with E-state index in [0.29, 0.717) is 14.9 Å². The molecule has 15 heavy (non-hydrogen) atoms. The molecule has 0 bridgehead atoms. The first-order valence-electron chi connectivity index (χ1n) is 4.20. The second-order valence-corrected chi connectivity index (χ2v) is 4.68. The Morgan fingerprint density at radius 2 is 2.40 bits per heavy atom. The topological polar surface area (TPSA) is 46.9 Å². The van der Waals surface area contributed by atoms with Crippen molar-refractivity contribution in [1.29, 1.82) is 0 Å². The molecule has 78 valence electrons. The highest BCUT2D eigenvalue weighted by Gasteiger charge is 2.09. The molecule has 2 rings (SSSR count). The lowest BCUT2D eigenvalue weighted by Crippen LogP contribution is -2.09. The lowest BCUT2D eigenvalue weighted by atomic mass is 10.4. The fraction of sp³-hybridized carbons (Fsp3) is 0.111. The molecule has 2 heterocycles. The Bertz CT molecular complexity index is 491. The third kappa shape index (κ3) is 2.37. The fourth-order valence-corrected chi connectivity index (χ4v) is 2.05. The molecule has 0 fully saturated rings. The van der Waals surface area contributed by atoms with Crippen LogP contribution in [0.15, 0.2) is 24.5 Å². The molecule has 2 aromatic rings. The number of carbonyl (C=O) groups is 1. The Morgan fingerprint density at radius 3 is 2.93 bits per heavy atom. The van der Waals surface area contributed by atoms with Crippen LogP contribution in [0.5, 0.6) is 0 Å². The number of nitrogens with one attached hydrogen (secondary N) is 1. The van der Waals surface area contributed by atoms with Gasteiger partial charge in [0.1, 0.15) is 0 Å². The Morgan fingerprint density at radius 1 is 1.60 bits per heavy atom. The standard InChI is InChI=1S/C9H8ClN3OS/c1-13-5-6(4-11-13)12-9(14)7-2-3-8(10)15-7/h2-5H,1H3,(H,12,14). The minimum Gasteiger partial charge on any atom is -0.319 e. The van der Waals surface area contributed by atoms with Crippen molar-refractivity contribution in [2.45, 2.75) is 0 Å². The van der Waals surface area contributed by atoms with Crippen LogP contribution in [-0.4, -0.2) is 15.7 Å². The summed E-state index contributed by atoms with van der Waals surface area (Å²) in [6.45, 7) is 0. The van der Waals surface area contributed by atoms with Crippen LogP contribution in [0.4, 0.5) is 5.69 Å². The molecule has 4 nitrogen and oxygen atoms in total. The molecule has 0 spiro atoms. The molecule has 2 aromatic heterocycles. The molecule has 0 aliphatic rings. The summed E-state index contributed by atoms with van der Waals surface area (Å²) in [6, 6.07) is 3.39. The number of carbonyl (C=O) groups excluding carboxylic acids is 1. The number of aromatic nitrogens is 2. The van der Waals surface area contributed by atoms with Crippen LogP contribution >= 0.6 is 22.9 Å². The van der Waals surface area contributed by atoms with E-state index in [1.807, 2.05) is 0 Å². The Hall–Kier alpha value is -1.33. The predicted molar refractivity (Wildman–Crippen MR) is 60.5 cm³/mol. The van der Waals surface area contributed by atoms with E-state index in [4.69, 9.17) is 11.6 Å². The van der Waals surface area contributed by atoms with Gasteiger partial charge in [0, 0.05) is 13.2 Å². The summed E-state index contributed by atoms with van der Waals surface area (Å²) in [5.74, 6) is -0.167. The summed E-state index contributed by atoms with van der Waals surface area (Å²) in [5, 5.41) is 6.67. The molecule has 0 saturated heterocycles. The summed E-state index contributed by atoms with van der Waals surface area (Å²) in [7, 11) is 1.79. The lowest BCUT2D eigenvalue weighted by molar-refractivity contribution is 0.103. The number of hydrogen-bond donors (Lipinski definition) is 1. The van der Waals surface area contributed by atoms with Gasteiger partial charge in [0.15, 0.2) is 0 Å². The number of anilines is 1. The maximum atomic E-state index is 11.6. The van der Waals surface area contributed by atoms with Crippen molar-refractivity contribution in [3.05, 3.63) is 33.7 Å². The maximum absolute atomic E-state index is 11.6. The van der Waals surface area contributed by atoms with Crippen LogP contribution in [0.1, 0.15) is 9.67 Å². The third-order valence-electron chi connectivity index (χ3n) is 1.76. The van der Waals surface area contributed by atoms with E-state index < -0.39 is 0 Å². The minimum absolute atomic E-state index is 0.167. The van der Waals surface area contributed by atoms with Gasteiger partial charge in [-0.05, 0) is 12.1 Å². The highest BCUT2D eigenvalue weighted by atomic mass is 35.5. The van der Waals surface area contributed by atoms with Crippen LogP contribution in [0, 0.1) is 0 Å². The average Bonchev–Trinajstić information content (AvgIpc) is 2.75. The van der Waals surface area contributed by atoms with Crippen LogP contribution < -0.4 is 5.32 Å². The van der Waals surface area contributed by atoms with Gasteiger partial charge in [-0.25, -0.2) is 0 Å². The molecule has 0 atom stereocenters. The van der Waals surface area contributed by atoms with E-state index in [0.717, 1.165) is 0 Å². The smallest absolute Gasteiger partial charge is 0.265 e. The Labute approximate surface area is 95.5 Å². The largest absolute Gasteiger partial charge is 0.319 e. The van der Waals surface area contributed by atoms with Gasteiger partial charge in [0.2, 0.25) is 0 Å². The molecule has 0 aromatic carbocycles. The summed E-state index contributed by atoms with van der Waals surface area (Å²) in [6.07, 6.45) is 3.32. The number of rotatable bonds is 2. The monoisotopic (exact) mass is 241 g/mol. The van der Waals surface area contributed by atoms with Crippen molar-refractivity contribution in [3.8, 4) is 0 Å². The molecule has 0 aliphatic heterocycles. The second kappa shape index (κ2) is 4.04. The Kier molecular flexibility index (Phi) is 2.75. The van der Waals surface area contributed by atoms with E-state index >= 15 is 0 Å². The van der Waals surface area contributed by atoms with Gasteiger partial charge in [-0.15, -0.1) is 11.3 Å². The van der Waals surface area contributed by atoms with Gasteiger partial charge in [-0.3, -0.25) is 9.48 Å². The van der Waals surface area contributed by atoms with Crippen LogP contribution in [-0.2, 0) is 7.05 Å². The number of amides is 1. The zero-order valence-electron chi connectivity index (χ0n) is 7.90. The van der Waals surface area contributed by atoms with Crippen molar-refractivity contribution in [2.75, 3.05) is 5.32 Å². The second-order valence-electron chi connectivity index (χ2n) is 2.96. The number of halogens is 1. The number of nitrogens with zero attached hydrogens (tertiary/aromatic N) is 2. The molecule has 1 amide bonds. The predicted octanol–water partition coefficient (Wildman–Crippen LogP) is 2.39. The molecule has 6 heteroatoms. The van der Waals surface area contributed by atoms with Gasteiger partial charge in [0.25, 0.3) is 5.91 Å². The van der Waals surface area contributed by atoms with Gasteiger partial charge in [-0.2, -0.15) is 5.10 Å². The highest BCUT2D eigenvalue weighted by molar-refractivity contribution is 7.18. The van der Waals surface area contributed by atoms with Gasteiger partial charge in [-0.1, -0.05) is 11.6 Å². The number of aryl methyl sites for hydroxylation is 1. The first-order valence-corrected chi connectivity index (χ1v) is 5.40. The zero-order chi connectivity index (χ0) is 10.8. The van der Waals surface area contributed by atoms with Gasteiger partial charge >= 0.3 is 0 Å². The summed E-state index contributed by atoms with van der Waals surface area (Å²) in [4.78, 5) is 12.2. The van der Waals surface area contributed by atoms with E-state index in [9.17, 15) is 4.79 Å². The van der Waals surface area contributed by atoms with Gasteiger partial charge < -0.3 is 5.32 Å². The maximum Gasteiger partial charge on any atom is 0.265 e. The lowest BCUT2D eigenvalue weighted by Gasteiger charge is -1.97. The Balaban J connectivity index is 2.10.